The van der Waals surface area contributed by atoms with Crippen LogP contribution in [0.3, 0.4) is 0 Å². The van der Waals surface area contributed by atoms with Gasteiger partial charge in [0.2, 0.25) is 0 Å². The molecule has 0 fully saturated rings. The third kappa shape index (κ3) is 5.84. The van der Waals surface area contributed by atoms with Crippen molar-refractivity contribution in [1.82, 2.24) is 5.32 Å². The van der Waals surface area contributed by atoms with Crippen molar-refractivity contribution < 1.29 is 4.74 Å². The van der Waals surface area contributed by atoms with E-state index in [1.807, 2.05) is 24.3 Å². The average Bonchev–Trinajstić information content (AvgIpc) is 2.46. The summed E-state index contributed by atoms with van der Waals surface area (Å²) in [6, 6.07) is 8.06. The van der Waals surface area contributed by atoms with Gasteiger partial charge in [0, 0.05) is 11.0 Å². The van der Waals surface area contributed by atoms with Crippen molar-refractivity contribution in [2.75, 3.05) is 19.7 Å². The van der Waals surface area contributed by atoms with E-state index >= 15 is 0 Å². The molecule has 0 aliphatic heterocycles. The van der Waals surface area contributed by atoms with Gasteiger partial charge < -0.3 is 10.1 Å². The minimum atomic E-state index is 0.362. The van der Waals surface area contributed by atoms with Crippen molar-refractivity contribution in [3.8, 4) is 5.75 Å². The fourth-order valence-corrected chi connectivity index (χ4v) is 2.79. The lowest BCUT2D eigenvalue weighted by Crippen LogP contribution is -2.35. The lowest BCUT2D eigenvalue weighted by molar-refractivity contribution is 0.175. The van der Waals surface area contributed by atoms with Gasteiger partial charge in [-0.2, -0.15) is 0 Å². The number of hydrogen-bond donors (Lipinski definition) is 1. The first kappa shape index (κ1) is 17.5. The Balaban J connectivity index is 2.45. The molecule has 0 aliphatic rings. The second-order valence-corrected chi connectivity index (χ2v) is 6.36. The van der Waals surface area contributed by atoms with Crippen molar-refractivity contribution in [3.63, 3.8) is 0 Å². The summed E-state index contributed by atoms with van der Waals surface area (Å²) in [5.74, 6) is 0.946. The molecule has 0 unspecified atom stereocenters. The summed E-state index contributed by atoms with van der Waals surface area (Å²) in [5, 5.41) is 3.57. The number of nitrogens with one attached hydrogen (secondary N) is 1. The van der Waals surface area contributed by atoms with E-state index < -0.39 is 0 Å². The zero-order valence-electron chi connectivity index (χ0n) is 13.0. The monoisotopic (exact) mass is 341 g/mol. The van der Waals surface area contributed by atoms with Gasteiger partial charge in [0.25, 0.3) is 0 Å². The number of benzene rings is 1. The number of hydrogen-bond acceptors (Lipinski definition) is 2. The highest BCUT2D eigenvalue weighted by Gasteiger charge is 2.25. The maximum atomic E-state index is 5.89. The topological polar surface area (TPSA) is 21.3 Å². The van der Waals surface area contributed by atoms with Crippen LogP contribution < -0.4 is 10.1 Å². The molecule has 0 saturated carbocycles. The maximum Gasteiger partial charge on any atom is 0.120 e. The first-order valence-electron chi connectivity index (χ1n) is 7.75. The molecule has 114 valence electrons. The summed E-state index contributed by atoms with van der Waals surface area (Å²) < 4.78 is 6.96. The highest BCUT2D eigenvalue weighted by molar-refractivity contribution is 9.10. The van der Waals surface area contributed by atoms with E-state index in [-0.39, 0.29) is 0 Å². The molecule has 0 atom stereocenters. The molecular formula is C17H28BrNO. The molecule has 0 spiro atoms. The van der Waals surface area contributed by atoms with E-state index in [0.29, 0.717) is 5.41 Å². The van der Waals surface area contributed by atoms with Crippen LogP contribution in [0, 0.1) is 5.41 Å². The zero-order valence-corrected chi connectivity index (χ0v) is 14.6. The summed E-state index contributed by atoms with van der Waals surface area (Å²) in [5.41, 5.74) is 0.362. The van der Waals surface area contributed by atoms with Gasteiger partial charge in [-0.15, -0.1) is 0 Å². The molecule has 0 aromatic heterocycles. The molecule has 0 bridgehead atoms. The molecule has 0 saturated heterocycles. The third-order valence-corrected chi connectivity index (χ3v) is 4.62. The van der Waals surface area contributed by atoms with Gasteiger partial charge >= 0.3 is 0 Å². The standard InChI is InChI=1S/C17H28BrNO/c1-4-11-19-14-17(5-2,6-3)10-12-20-16-9-7-8-15(18)13-16/h7-9,13,19H,4-6,10-12,14H2,1-3H3. The lowest BCUT2D eigenvalue weighted by Gasteiger charge is -2.32. The fraction of sp³-hybridized carbons (Fsp3) is 0.647. The Labute approximate surface area is 132 Å². The Bertz CT molecular complexity index is 377. The Morgan fingerprint density at radius 2 is 1.95 bits per heavy atom. The van der Waals surface area contributed by atoms with Crippen LogP contribution in [-0.2, 0) is 0 Å². The van der Waals surface area contributed by atoms with E-state index in [1.54, 1.807) is 0 Å². The van der Waals surface area contributed by atoms with Gasteiger partial charge in [-0.1, -0.05) is 42.8 Å². The summed E-state index contributed by atoms with van der Waals surface area (Å²) in [4.78, 5) is 0. The lowest BCUT2D eigenvalue weighted by atomic mass is 9.79. The number of ether oxygens (including phenoxy) is 1. The van der Waals surface area contributed by atoms with E-state index in [9.17, 15) is 0 Å². The molecule has 1 aromatic rings. The molecule has 20 heavy (non-hydrogen) atoms. The van der Waals surface area contributed by atoms with E-state index in [4.69, 9.17) is 4.74 Å². The summed E-state index contributed by atoms with van der Waals surface area (Å²) in [6.07, 6.45) is 4.69. The quantitative estimate of drug-likeness (QED) is 0.603. The van der Waals surface area contributed by atoms with Crippen molar-refractivity contribution in [2.24, 2.45) is 5.41 Å². The predicted octanol–water partition coefficient (Wildman–Crippen LogP) is 5.02. The average molecular weight is 342 g/mol. The predicted molar refractivity (Wildman–Crippen MR) is 90.4 cm³/mol. The Morgan fingerprint density at radius 3 is 2.55 bits per heavy atom. The molecule has 0 radical (unpaired) electrons. The molecule has 0 aliphatic carbocycles. The Hall–Kier alpha value is -0.540. The van der Waals surface area contributed by atoms with Gasteiger partial charge in [-0.05, 0) is 55.8 Å². The minimum Gasteiger partial charge on any atom is -0.494 e. The highest BCUT2D eigenvalue weighted by atomic mass is 79.9. The maximum absolute atomic E-state index is 5.89. The van der Waals surface area contributed by atoms with Crippen molar-refractivity contribution in [2.45, 2.75) is 46.5 Å². The minimum absolute atomic E-state index is 0.362. The highest BCUT2D eigenvalue weighted by Crippen LogP contribution is 2.30. The first-order chi connectivity index (χ1) is 9.65. The molecule has 0 heterocycles. The van der Waals surface area contributed by atoms with Gasteiger partial charge in [-0.25, -0.2) is 0 Å². The van der Waals surface area contributed by atoms with Crippen LogP contribution in [0.25, 0.3) is 0 Å². The second-order valence-electron chi connectivity index (χ2n) is 5.44. The SMILES string of the molecule is CCCNCC(CC)(CC)CCOc1cccc(Br)c1. The summed E-state index contributed by atoms with van der Waals surface area (Å²) >= 11 is 3.47. The van der Waals surface area contributed by atoms with Crippen molar-refractivity contribution in [1.29, 1.82) is 0 Å². The van der Waals surface area contributed by atoms with Crippen LogP contribution in [0.5, 0.6) is 5.75 Å². The van der Waals surface area contributed by atoms with Gasteiger partial charge in [0.1, 0.15) is 5.75 Å². The molecule has 1 N–H and O–H groups in total. The van der Waals surface area contributed by atoms with Gasteiger partial charge in [-0.3, -0.25) is 0 Å². The normalized spacial score (nSPS) is 11.6. The smallest absolute Gasteiger partial charge is 0.120 e. The molecule has 3 heteroatoms. The Morgan fingerprint density at radius 1 is 1.20 bits per heavy atom. The summed E-state index contributed by atoms with van der Waals surface area (Å²) in [7, 11) is 0. The molecular weight excluding hydrogens is 314 g/mol. The summed E-state index contributed by atoms with van der Waals surface area (Å²) in [6.45, 7) is 9.77. The van der Waals surface area contributed by atoms with Crippen molar-refractivity contribution in [3.05, 3.63) is 28.7 Å². The number of rotatable bonds is 10. The fourth-order valence-electron chi connectivity index (χ4n) is 2.41. The van der Waals surface area contributed by atoms with Crippen LogP contribution in [0.15, 0.2) is 28.7 Å². The van der Waals surface area contributed by atoms with E-state index in [0.717, 1.165) is 36.3 Å². The molecule has 1 aromatic carbocycles. The largest absolute Gasteiger partial charge is 0.494 e. The van der Waals surface area contributed by atoms with Gasteiger partial charge in [0.05, 0.1) is 6.61 Å². The number of halogens is 1. The second kappa shape index (κ2) is 9.41. The Kier molecular flexibility index (Phi) is 8.24. The van der Waals surface area contributed by atoms with Crippen LogP contribution >= 0.6 is 15.9 Å². The van der Waals surface area contributed by atoms with Crippen LogP contribution in [0.2, 0.25) is 0 Å². The molecule has 0 amide bonds. The van der Waals surface area contributed by atoms with Crippen LogP contribution in [0.4, 0.5) is 0 Å². The van der Waals surface area contributed by atoms with E-state index in [1.165, 1.54) is 19.3 Å². The first-order valence-corrected chi connectivity index (χ1v) is 8.54. The van der Waals surface area contributed by atoms with E-state index in [2.05, 4.69) is 42.0 Å². The molecule has 1 rings (SSSR count). The van der Waals surface area contributed by atoms with Crippen LogP contribution in [0.1, 0.15) is 46.5 Å². The van der Waals surface area contributed by atoms with Crippen molar-refractivity contribution >= 4 is 15.9 Å². The molecule has 2 nitrogen and oxygen atoms in total. The van der Waals surface area contributed by atoms with Crippen LogP contribution in [-0.4, -0.2) is 19.7 Å². The zero-order chi connectivity index (χ0) is 14.8. The van der Waals surface area contributed by atoms with Gasteiger partial charge in [0.15, 0.2) is 0 Å². The third-order valence-electron chi connectivity index (χ3n) is 4.12.